The molecular weight excluding hydrogens is 133 g/mol. The maximum Gasteiger partial charge on any atom is 0.459 e. The van der Waals surface area contributed by atoms with Gasteiger partial charge in [0.2, 0.25) is 0 Å². The first-order valence-corrected chi connectivity index (χ1v) is 3.40. The third kappa shape index (κ3) is 1.32. The van der Waals surface area contributed by atoms with Gasteiger partial charge in [-0.05, 0) is 13.8 Å². The standard InChI is InChI=1S/C5H12BNO3/c1-3-5(6(8)9)4(2)10-7-3/h3-5,7-9H,1-2H3. The molecule has 0 bridgehead atoms. The van der Waals surface area contributed by atoms with E-state index < -0.39 is 7.12 Å². The first-order valence-electron chi connectivity index (χ1n) is 3.40. The first kappa shape index (κ1) is 8.01. The SMILES string of the molecule is CC1NOC(C)C1B(O)O. The molecule has 0 aromatic heterocycles. The van der Waals surface area contributed by atoms with E-state index >= 15 is 0 Å². The number of hydrogen-bond acceptors (Lipinski definition) is 4. The Kier molecular flexibility index (Phi) is 2.30. The van der Waals surface area contributed by atoms with Crippen molar-refractivity contribution in [2.45, 2.75) is 31.8 Å². The summed E-state index contributed by atoms with van der Waals surface area (Å²) in [6, 6.07) is 0.00926. The molecule has 58 valence electrons. The molecule has 0 aromatic rings. The van der Waals surface area contributed by atoms with E-state index in [9.17, 15) is 0 Å². The van der Waals surface area contributed by atoms with Gasteiger partial charge in [0.15, 0.2) is 0 Å². The van der Waals surface area contributed by atoms with Crippen molar-refractivity contribution >= 4 is 7.12 Å². The van der Waals surface area contributed by atoms with Crippen molar-refractivity contribution in [3.63, 3.8) is 0 Å². The summed E-state index contributed by atoms with van der Waals surface area (Å²) in [5, 5.41) is 17.7. The zero-order chi connectivity index (χ0) is 7.72. The Hall–Kier alpha value is -0.0951. The van der Waals surface area contributed by atoms with Gasteiger partial charge in [0.25, 0.3) is 0 Å². The smallest absolute Gasteiger partial charge is 0.427 e. The van der Waals surface area contributed by atoms with Crippen LogP contribution < -0.4 is 5.48 Å². The van der Waals surface area contributed by atoms with Crippen LogP contribution in [0.1, 0.15) is 13.8 Å². The highest BCUT2D eigenvalue weighted by molar-refractivity contribution is 6.43. The quantitative estimate of drug-likeness (QED) is 0.420. The lowest BCUT2D eigenvalue weighted by atomic mass is 9.67. The molecule has 3 unspecified atom stereocenters. The summed E-state index contributed by atoms with van der Waals surface area (Å²) in [4.78, 5) is 4.97. The first-order chi connectivity index (χ1) is 4.63. The highest BCUT2D eigenvalue weighted by Gasteiger charge is 2.39. The molecule has 3 atom stereocenters. The number of rotatable bonds is 1. The monoisotopic (exact) mass is 145 g/mol. The summed E-state index contributed by atoms with van der Waals surface area (Å²) in [6.45, 7) is 3.66. The topological polar surface area (TPSA) is 61.7 Å². The van der Waals surface area contributed by atoms with Gasteiger partial charge in [-0.1, -0.05) is 0 Å². The van der Waals surface area contributed by atoms with E-state index in [1.807, 2.05) is 6.92 Å². The predicted molar refractivity (Wildman–Crippen MR) is 37.1 cm³/mol. The fraction of sp³-hybridized carbons (Fsp3) is 1.00. The summed E-state index contributed by atoms with van der Waals surface area (Å²) in [6.07, 6.45) is -0.130. The molecule has 1 aliphatic rings. The van der Waals surface area contributed by atoms with Crippen molar-refractivity contribution in [1.82, 2.24) is 5.48 Å². The van der Waals surface area contributed by atoms with Gasteiger partial charge in [-0.3, -0.25) is 4.84 Å². The number of hydrogen-bond donors (Lipinski definition) is 3. The van der Waals surface area contributed by atoms with Gasteiger partial charge in [0.1, 0.15) is 0 Å². The average Bonchev–Trinajstić information content (AvgIpc) is 2.11. The van der Waals surface area contributed by atoms with Crippen molar-refractivity contribution in [2.75, 3.05) is 0 Å². The minimum Gasteiger partial charge on any atom is -0.427 e. The van der Waals surface area contributed by atoms with Crippen LogP contribution in [0.3, 0.4) is 0 Å². The lowest BCUT2D eigenvalue weighted by Gasteiger charge is -2.13. The zero-order valence-electron chi connectivity index (χ0n) is 6.11. The Morgan fingerprint density at radius 1 is 1.40 bits per heavy atom. The van der Waals surface area contributed by atoms with E-state index in [1.54, 1.807) is 6.92 Å². The molecule has 0 spiro atoms. The Labute approximate surface area is 60.3 Å². The van der Waals surface area contributed by atoms with Gasteiger partial charge in [-0.25, -0.2) is 0 Å². The van der Waals surface area contributed by atoms with Gasteiger partial charge in [-0.2, -0.15) is 5.48 Å². The molecule has 10 heavy (non-hydrogen) atoms. The fourth-order valence-electron chi connectivity index (χ4n) is 1.28. The third-order valence-electron chi connectivity index (χ3n) is 1.90. The Morgan fingerprint density at radius 2 is 2.00 bits per heavy atom. The predicted octanol–water partition coefficient (Wildman–Crippen LogP) is -0.859. The van der Waals surface area contributed by atoms with Gasteiger partial charge in [0.05, 0.1) is 6.10 Å². The molecular formula is C5H12BNO3. The van der Waals surface area contributed by atoms with E-state index in [0.29, 0.717) is 0 Å². The molecule has 1 saturated heterocycles. The summed E-state index contributed by atoms with van der Waals surface area (Å²) in [5.74, 6) is -0.222. The van der Waals surface area contributed by atoms with Gasteiger partial charge >= 0.3 is 7.12 Å². The zero-order valence-corrected chi connectivity index (χ0v) is 6.11. The molecule has 4 nitrogen and oxygen atoms in total. The van der Waals surface area contributed by atoms with Crippen molar-refractivity contribution in [1.29, 1.82) is 0 Å². The minimum atomic E-state index is -1.29. The minimum absolute atomic E-state index is 0.00926. The van der Waals surface area contributed by atoms with Crippen LogP contribution in [0.15, 0.2) is 0 Å². The molecule has 0 aromatic carbocycles. The van der Waals surface area contributed by atoms with Crippen LogP contribution in [0.5, 0.6) is 0 Å². The maximum absolute atomic E-state index is 8.83. The Balaban J connectivity index is 2.54. The van der Waals surface area contributed by atoms with E-state index in [0.717, 1.165) is 0 Å². The summed E-state index contributed by atoms with van der Waals surface area (Å²) in [5.41, 5.74) is 2.68. The second-order valence-corrected chi connectivity index (χ2v) is 2.72. The highest BCUT2D eigenvalue weighted by atomic mass is 16.7. The molecule has 0 aliphatic carbocycles. The molecule has 1 fully saturated rings. The molecule has 0 radical (unpaired) electrons. The van der Waals surface area contributed by atoms with Crippen LogP contribution in [-0.4, -0.2) is 29.3 Å². The molecule has 1 aliphatic heterocycles. The van der Waals surface area contributed by atoms with Crippen molar-refractivity contribution in [3.8, 4) is 0 Å². The van der Waals surface area contributed by atoms with Crippen LogP contribution in [0.2, 0.25) is 5.82 Å². The molecule has 1 heterocycles. The van der Waals surface area contributed by atoms with E-state index in [-0.39, 0.29) is 18.0 Å². The molecule has 0 saturated carbocycles. The number of nitrogens with one attached hydrogen (secondary N) is 1. The van der Waals surface area contributed by atoms with E-state index in [2.05, 4.69) is 5.48 Å². The molecule has 5 heteroatoms. The second kappa shape index (κ2) is 2.88. The lowest BCUT2D eigenvalue weighted by Crippen LogP contribution is -2.32. The van der Waals surface area contributed by atoms with Crippen LogP contribution in [-0.2, 0) is 4.84 Å². The maximum atomic E-state index is 8.83. The van der Waals surface area contributed by atoms with Crippen LogP contribution in [0.4, 0.5) is 0 Å². The van der Waals surface area contributed by atoms with E-state index in [4.69, 9.17) is 14.9 Å². The highest BCUT2D eigenvalue weighted by Crippen LogP contribution is 2.25. The Bertz CT molecular complexity index is 111. The molecule has 3 N–H and O–H groups in total. The van der Waals surface area contributed by atoms with E-state index in [1.165, 1.54) is 0 Å². The summed E-state index contributed by atoms with van der Waals surface area (Å²) < 4.78 is 0. The van der Waals surface area contributed by atoms with Crippen molar-refractivity contribution in [3.05, 3.63) is 0 Å². The summed E-state index contributed by atoms with van der Waals surface area (Å²) in [7, 11) is -1.29. The molecule has 0 amide bonds. The number of hydroxylamine groups is 1. The van der Waals surface area contributed by atoms with Gasteiger partial charge in [-0.15, -0.1) is 0 Å². The van der Waals surface area contributed by atoms with Crippen molar-refractivity contribution < 1.29 is 14.9 Å². The summed E-state index contributed by atoms with van der Waals surface area (Å²) >= 11 is 0. The fourth-order valence-corrected chi connectivity index (χ4v) is 1.28. The third-order valence-corrected chi connectivity index (χ3v) is 1.90. The van der Waals surface area contributed by atoms with Crippen molar-refractivity contribution in [2.24, 2.45) is 0 Å². The largest absolute Gasteiger partial charge is 0.459 e. The van der Waals surface area contributed by atoms with Crippen LogP contribution in [0, 0.1) is 0 Å². The van der Waals surface area contributed by atoms with Crippen LogP contribution in [0.25, 0.3) is 0 Å². The van der Waals surface area contributed by atoms with Gasteiger partial charge < -0.3 is 10.0 Å². The van der Waals surface area contributed by atoms with Crippen LogP contribution >= 0.6 is 0 Å². The second-order valence-electron chi connectivity index (χ2n) is 2.72. The Morgan fingerprint density at radius 3 is 2.20 bits per heavy atom. The normalized spacial score (nSPS) is 40.2. The lowest BCUT2D eigenvalue weighted by molar-refractivity contribution is 0.0369. The molecule has 1 rings (SSSR count). The average molecular weight is 145 g/mol. The van der Waals surface area contributed by atoms with Gasteiger partial charge in [0, 0.05) is 11.9 Å².